The third-order valence-electron chi connectivity index (χ3n) is 4.52. The molecule has 2 aliphatic rings. The number of carbonyl (C=O) groups is 1. The van der Waals surface area contributed by atoms with E-state index in [9.17, 15) is 4.79 Å². The van der Waals surface area contributed by atoms with Gasteiger partial charge in [-0.15, -0.1) is 11.3 Å². The van der Waals surface area contributed by atoms with Crippen molar-refractivity contribution in [2.75, 3.05) is 5.73 Å². The summed E-state index contributed by atoms with van der Waals surface area (Å²) in [5, 5.41) is 6.75. The zero-order valence-corrected chi connectivity index (χ0v) is 14.3. The number of fused-ring (bicyclic) bond motifs is 2. The van der Waals surface area contributed by atoms with Crippen LogP contribution in [0.5, 0.6) is 0 Å². The number of hydrogen-bond donors (Lipinski definition) is 3. The lowest BCUT2D eigenvalue weighted by molar-refractivity contribution is 0.0935. The van der Waals surface area contributed by atoms with Crippen molar-refractivity contribution in [2.45, 2.75) is 46.5 Å². The molecule has 0 radical (unpaired) electrons. The van der Waals surface area contributed by atoms with Crippen molar-refractivity contribution in [3.05, 3.63) is 41.3 Å². The van der Waals surface area contributed by atoms with E-state index in [0.717, 1.165) is 26.1 Å². The molecule has 3 atom stereocenters. The summed E-state index contributed by atoms with van der Waals surface area (Å²) in [6.45, 7) is 0. The summed E-state index contributed by atoms with van der Waals surface area (Å²) < 4.78 is 1.12. The number of rotatable bonds is 4. The van der Waals surface area contributed by atoms with E-state index in [0.29, 0.717) is 12.1 Å². The minimum atomic E-state index is 0.0542. The van der Waals surface area contributed by atoms with Gasteiger partial charge in [-0.1, -0.05) is 11.8 Å². The van der Waals surface area contributed by atoms with Crippen molar-refractivity contribution >= 4 is 34.7 Å². The average molecular weight is 345 g/mol. The minimum absolute atomic E-state index is 0.0542. The van der Waals surface area contributed by atoms with Gasteiger partial charge in [0.15, 0.2) is 0 Å². The summed E-state index contributed by atoms with van der Waals surface area (Å²) in [4.78, 5) is 14.3. The van der Waals surface area contributed by atoms with E-state index in [-0.39, 0.29) is 11.9 Å². The molecule has 0 unspecified atom stereocenters. The van der Waals surface area contributed by atoms with Gasteiger partial charge in [-0.3, -0.25) is 4.79 Å². The minimum Gasteiger partial charge on any atom is -0.399 e. The van der Waals surface area contributed by atoms with E-state index in [1.807, 2.05) is 36.4 Å². The summed E-state index contributed by atoms with van der Waals surface area (Å²) in [6.07, 6.45) is 3.49. The first-order valence-corrected chi connectivity index (χ1v) is 9.51. The highest BCUT2D eigenvalue weighted by molar-refractivity contribution is 8.01. The molecule has 4 nitrogen and oxygen atoms in total. The van der Waals surface area contributed by atoms with E-state index in [2.05, 4.69) is 10.6 Å². The predicted molar refractivity (Wildman–Crippen MR) is 95.1 cm³/mol. The third kappa shape index (κ3) is 3.24. The quantitative estimate of drug-likeness (QED) is 0.745. The number of thiophene rings is 1. The Balaban J connectivity index is 1.39. The molecule has 0 saturated carbocycles. The van der Waals surface area contributed by atoms with E-state index < -0.39 is 0 Å². The zero-order valence-electron chi connectivity index (χ0n) is 12.6. The predicted octanol–water partition coefficient (Wildman–Crippen LogP) is 3.10. The van der Waals surface area contributed by atoms with Gasteiger partial charge in [0, 0.05) is 28.7 Å². The highest BCUT2D eigenvalue weighted by Crippen LogP contribution is 2.34. The normalized spacial score (nSPS) is 25.7. The van der Waals surface area contributed by atoms with Crippen LogP contribution in [0.2, 0.25) is 0 Å². The molecule has 0 spiro atoms. The summed E-state index contributed by atoms with van der Waals surface area (Å²) >= 11 is 3.20. The number of benzene rings is 1. The van der Waals surface area contributed by atoms with Gasteiger partial charge in [0.05, 0.1) is 9.09 Å². The molecule has 2 aliphatic heterocycles. The molecule has 6 heteroatoms. The van der Waals surface area contributed by atoms with Crippen LogP contribution in [0, 0.1) is 0 Å². The van der Waals surface area contributed by atoms with Crippen LogP contribution >= 0.6 is 23.1 Å². The van der Waals surface area contributed by atoms with Gasteiger partial charge in [-0.2, -0.15) is 0 Å². The molecule has 0 aliphatic carbocycles. The van der Waals surface area contributed by atoms with Crippen LogP contribution < -0.4 is 16.4 Å². The number of nitrogens with one attached hydrogen (secondary N) is 2. The first-order valence-electron chi connectivity index (χ1n) is 7.87. The number of nitrogens with two attached hydrogens (primary N) is 1. The summed E-state index contributed by atoms with van der Waals surface area (Å²) in [6, 6.07) is 13.1. The molecule has 4 rings (SSSR count). The maximum absolute atomic E-state index is 12.4. The van der Waals surface area contributed by atoms with Crippen LogP contribution in [-0.2, 0) is 0 Å². The number of nitrogen functional groups attached to an aromatic ring is 1. The Morgan fingerprint density at radius 1 is 1.22 bits per heavy atom. The van der Waals surface area contributed by atoms with Crippen molar-refractivity contribution in [3.63, 3.8) is 0 Å². The lowest BCUT2D eigenvalue weighted by Crippen LogP contribution is -2.42. The summed E-state index contributed by atoms with van der Waals surface area (Å²) in [5.74, 6) is 0.0542. The second-order valence-electron chi connectivity index (χ2n) is 6.15. The molecule has 120 valence electrons. The SMILES string of the molecule is Nc1ccc(Sc2ccc(C(=O)N[C@@H]3C[C@H]4CC[C@@H]3N4)s2)cc1. The second-order valence-corrected chi connectivity index (χ2v) is 8.61. The van der Waals surface area contributed by atoms with Gasteiger partial charge < -0.3 is 16.4 Å². The smallest absolute Gasteiger partial charge is 0.261 e. The van der Waals surface area contributed by atoms with Gasteiger partial charge in [0.1, 0.15) is 0 Å². The molecule has 2 saturated heterocycles. The van der Waals surface area contributed by atoms with Crippen LogP contribution in [-0.4, -0.2) is 24.0 Å². The Labute approximate surface area is 143 Å². The molecule has 1 aromatic heterocycles. The molecule has 3 heterocycles. The molecule has 1 amide bonds. The number of amides is 1. The second kappa shape index (κ2) is 6.19. The highest BCUT2D eigenvalue weighted by Gasteiger charge is 2.39. The molecular weight excluding hydrogens is 326 g/mol. The Bertz CT molecular complexity index is 713. The maximum atomic E-state index is 12.4. The van der Waals surface area contributed by atoms with Gasteiger partial charge in [0.2, 0.25) is 0 Å². The van der Waals surface area contributed by atoms with Crippen molar-refractivity contribution < 1.29 is 4.79 Å². The molecule has 1 aromatic carbocycles. The monoisotopic (exact) mass is 345 g/mol. The molecule has 2 aromatic rings. The number of carbonyl (C=O) groups excluding carboxylic acids is 1. The first-order chi connectivity index (χ1) is 11.2. The zero-order chi connectivity index (χ0) is 15.8. The van der Waals surface area contributed by atoms with E-state index in [1.54, 1.807) is 23.1 Å². The number of hydrogen-bond acceptors (Lipinski definition) is 5. The first kappa shape index (κ1) is 15.1. The Morgan fingerprint density at radius 2 is 2.04 bits per heavy atom. The fourth-order valence-corrected chi connectivity index (χ4v) is 5.38. The Hall–Kier alpha value is -1.50. The largest absolute Gasteiger partial charge is 0.399 e. The lowest BCUT2D eigenvalue weighted by Gasteiger charge is -2.20. The van der Waals surface area contributed by atoms with Gasteiger partial charge in [-0.05, 0) is 55.7 Å². The maximum Gasteiger partial charge on any atom is 0.261 e. The molecule has 2 fully saturated rings. The third-order valence-corrected chi connectivity index (χ3v) is 6.74. The van der Waals surface area contributed by atoms with Gasteiger partial charge in [0.25, 0.3) is 5.91 Å². The van der Waals surface area contributed by atoms with Gasteiger partial charge >= 0.3 is 0 Å². The van der Waals surface area contributed by atoms with E-state index in [1.165, 1.54) is 12.8 Å². The van der Waals surface area contributed by atoms with Crippen molar-refractivity contribution in [1.82, 2.24) is 10.6 Å². The van der Waals surface area contributed by atoms with Crippen LogP contribution in [0.25, 0.3) is 0 Å². The lowest BCUT2D eigenvalue weighted by atomic mass is 9.95. The van der Waals surface area contributed by atoms with Crippen LogP contribution in [0.4, 0.5) is 5.69 Å². The van der Waals surface area contributed by atoms with Crippen LogP contribution in [0.15, 0.2) is 45.5 Å². The van der Waals surface area contributed by atoms with Crippen LogP contribution in [0.3, 0.4) is 0 Å². The fraction of sp³-hybridized carbons (Fsp3) is 0.353. The van der Waals surface area contributed by atoms with E-state index >= 15 is 0 Å². The molecule has 2 bridgehead atoms. The average Bonchev–Trinajstić information content (AvgIpc) is 3.26. The van der Waals surface area contributed by atoms with Gasteiger partial charge in [-0.25, -0.2) is 0 Å². The van der Waals surface area contributed by atoms with E-state index in [4.69, 9.17) is 5.73 Å². The molecule has 23 heavy (non-hydrogen) atoms. The van der Waals surface area contributed by atoms with Crippen molar-refractivity contribution in [3.8, 4) is 0 Å². The van der Waals surface area contributed by atoms with Crippen LogP contribution in [0.1, 0.15) is 28.9 Å². The Morgan fingerprint density at radius 3 is 2.74 bits per heavy atom. The number of anilines is 1. The van der Waals surface area contributed by atoms with Crippen molar-refractivity contribution in [2.24, 2.45) is 0 Å². The standard InChI is InChI=1S/C17H19N3OS2/c18-10-1-4-12(5-2-10)22-16-8-7-15(23-16)17(21)20-14-9-11-3-6-13(14)19-11/h1-2,4-5,7-8,11,13-14,19H,3,6,9,18H2,(H,20,21)/t11-,13+,14-/m1/s1. The molecular formula is C17H19N3OS2. The topological polar surface area (TPSA) is 67.2 Å². The Kier molecular flexibility index (Phi) is 4.05. The summed E-state index contributed by atoms with van der Waals surface area (Å²) in [5.41, 5.74) is 6.47. The van der Waals surface area contributed by atoms with Crippen molar-refractivity contribution in [1.29, 1.82) is 0 Å². The fourth-order valence-electron chi connectivity index (χ4n) is 3.37. The summed E-state index contributed by atoms with van der Waals surface area (Å²) in [7, 11) is 0. The molecule has 4 N–H and O–H groups in total. The highest BCUT2D eigenvalue weighted by atomic mass is 32.2.